The molecule has 0 atom stereocenters. The van der Waals surface area contributed by atoms with E-state index in [0.717, 1.165) is 6.20 Å². The molecule has 1 aromatic heterocycles. The maximum atomic E-state index is 12.1. The number of aromatic nitrogens is 2. The Labute approximate surface area is 159 Å². The van der Waals surface area contributed by atoms with E-state index in [9.17, 15) is 9.18 Å². The van der Waals surface area contributed by atoms with Gasteiger partial charge in [-0.2, -0.15) is 4.98 Å². The van der Waals surface area contributed by atoms with Crippen LogP contribution in [-0.2, 0) is 0 Å². The third-order valence-electron chi connectivity index (χ3n) is 2.14. The number of H-pyrrole nitrogens is 1. The van der Waals surface area contributed by atoms with Gasteiger partial charge in [-0.25, -0.2) is 9.18 Å². The summed E-state index contributed by atoms with van der Waals surface area (Å²) in [5.41, 5.74) is 4.31. The molecule has 0 radical (unpaired) electrons. The van der Waals surface area contributed by atoms with Crippen molar-refractivity contribution in [2.45, 2.75) is 0 Å². The molecule has 1 heterocycles. The fourth-order valence-electron chi connectivity index (χ4n) is 1.15. The van der Waals surface area contributed by atoms with Gasteiger partial charge >= 0.3 is 5.69 Å². The zero-order valence-electron chi connectivity index (χ0n) is 11.2. The van der Waals surface area contributed by atoms with Crippen molar-refractivity contribution in [1.29, 1.82) is 0 Å². The van der Waals surface area contributed by atoms with Crippen LogP contribution in [0.5, 0.6) is 5.75 Å². The highest BCUT2D eigenvalue weighted by molar-refractivity contribution is 14.1. The van der Waals surface area contributed by atoms with Crippen LogP contribution in [-0.4, -0.2) is 16.6 Å². The molecule has 2 rings (SSSR count). The van der Waals surface area contributed by atoms with E-state index in [2.05, 4.69) is 14.8 Å². The van der Waals surface area contributed by atoms with E-state index >= 15 is 0 Å². The van der Waals surface area contributed by atoms with Crippen molar-refractivity contribution in [3.63, 3.8) is 0 Å². The lowest BCUT2D eigenvalue weighted by atomic mass is 10.3. The van der Waals surface area contributed by atoms with E-state index in [4.69, 9.17) is 45.3 Å². The maximum Gasteiger partial charge on any atom is 0.346 e. The second-order valence-electron chi connectivity index (χ2n) is 3.71. The van der Waals surface area contributed by atoms with Crippen LogP contribution in [0.2, 0.25) is 15.1 Å². The minimum atomic E-state index is -0.713. The van der Waals surface area contributed by atoms with Crippen LogP contribution in [0.25, 0.3) is 0 Å². The van der Waals surface area contributed by atoms with Gasteiger partial charge in [-0.15, -0.1) is 0 Å². The third kappa shape index (κ3) is 6.83. The Balaban J connectivity index is 0.000000253. The van der Waals surface area contributed by atoms with E-state index in [1.807, 2.05) is 27.6 Å². The van der Waals surface area contributed by atoms with E-state index < -0.39 is 11.5 Å². The monoisotopic (exact) mass is 489 g/mol. The number of aromatic amines is 1. The average molecular weight is 490 g/mol. The lowest BCUT2D eigenvalue weighted by Crippen LogP contribution is -2.12. The first-order valence-electron chi connectivity index (χ1n) is 5.71. The summed E-state index contributed by atoms with van der Waals surface area (Å²) < 4.78 is 20.1. The Morgan fingerprint density at radius 2 is 1.96 bits per heavy atom. The zero-order chi connectivity index (χ0) is 17.4. The molecule has 0 aliphatic rings. The van der Waals surface area contributed by atoms with Crippen LogP contribution in [0, 0.1) is 15.7 Å². The number of rotatable bonds is 2. The number of nitrogens with one attached hydrogen (secondary N) is 1. The number of benzene rings is 1. The van der Waals surface area contributed by atoms with Gasteiger partial charge in [-0.1, -0.05) is 40.7 Å². The molecule has 0 saturated heterocycles. The minimum Gasteiger partial charge on any atom is -0.479 e. The Bertz CT molecular complexity index is 805. The minimum absolute atomic E-state index is 0.278. The number of hydrogen-bond donors (Lipinski definition) is 2. The highest BCUT2D eigenvalue weighted by Crippen LogP contribution is 2.33. The summed E-state index contributed by atoms with van der Waals surface area (Å²) in [4.78, 5) is 15.3. The van der Waals surface area contributed by atoms with Gasteiger partial charge in [0.1, 0.15) is 18.2 Å². The predicted octanol–water partition coefficient (Wildman–Crippen LogP) is 3.91. The standard InChI is InChI=1S/C9H4Cl3IO.C4H4FN3O/c10-6-4-8(12)9(5-7(6)11)14-3-1-2-13;5-2-1-7-4(9)8-3(2)6/h4-5H,3H2;1H,(H3,6,7,8,9). The second kappa shape index (κ2) is 9.82. The summed E-state index contributed by atoms with van der Waals surface area (Å²) in [6.07, 6.45) is 0.772. The van der Waals surface area contributed by atoms with Crippen molar-refractivity contribution in [3.05, 3.63) is 49.7 Å². The predicted molar refractivity (Wildman–Crippen MR) is 98.0 cm³/mol. The first-order valence-corrected chi connectivity index (χ1v) is 7.92. The van der Waals surface area contributed by atoms with Gasteiger partial charge in [0.05, 0.1) is 21.3 Å². The van der Waals surface area contributed by atoms with Crippen molar-refractivity contribution >= 4 is 63.2 Å². The lowest BCUT2D eigenvalue weighted by molar-refractivity contribution is 0.370. The zero-order valence-corrected chi connectivity index (χ0v) is 15.6. The van der Waals surface area contributed by atoms with Crippen LogP contribution in [0.4, 0.5) is 10.2 Å². The normalized spacial score (nSPS) is 9.26. The van der Waals surface area contributed by atoms with Crippen molar-refractivity contribution in [2.24, 2.45) is 0 Å². The molecule has 3 N–H and O–H groups in total. The SMILES string of the molecule is Clc1cc(Cl)c(OCC#CI)cc1Cl.Nc1[nH]c(=O)ncc1F. The van der Waals surface area contributed by atoms with Gasteiger partial charge in [0.15, 0.2) is 5.82 Å². The van der Waals surface area contributed by atoms with Crippen LogP contribution in [0.1, 0.15) is 0 Å². The van der Waals surface area contributed by atoms with Crippen LogP contribution < -0.4 is 16.2 Å². The first kappa shape index (κ1) is 19.8. The van der Waals surface area contributed by atoms with Crippen molar-refractivity contribution in [2.75, 3.05) is 12.3 Å². The molecule has 0 unspecified atom stereocenters. The Morgan fingerprint density at radius 1 is 1.30 bits per heavy atom. The summed E-state index contributed by atoms with van der Waals surface area (Å²) in [5, 5.41) is 1.24. The number of hydrogen-bond acceptors (Lipinski definition) is 4. The maximum absolute atomic E-state index is 12.1. The molecule has 23 heavy (non-hydrogen) atoms. The van der Waals surface area contributed by atoms with Gasteiger partial charge in [0, 0.05) is 28.7 Å². The first-order chi connectivity index (χ1) is 10.8. The summed E-state index contributed by atoms with van der Waals surface area (Å²) >= 11 is 19.3. The molecule has 0 amide bonds. The molecular weight excluding hydrogens is 482 g/mol. The van der Waals surface area contributed by atoms with E-state index in [-0.39, 0.29) is 12.4 Å². The summed E-state index contributed by atoms with van der Waals surface area (Å²) in [6, 6.07) is 3.11. The quantitative estimate of drug-likeness (QED) is 0.380. The van der Waals surface area contributed by atoms with Crippen LogP contribution in [0.15, 0.2) is 23.1 Å². The van der Waals surface area contributed by atoms with Gasteiger partial charge in [-0.05, 0) is 9.99 Å². The second-order valence-corrected chi connectivity index (χ2v) is 5.47. The molecule has 0 bridgehead atoms. The number of nitrogens with two attached hydrogens (primary N) is 1. The van der Waals surface area contributed by atoms with Crippen molar-refractivity contribution in [3.8, 4) is 15.6 Å². The Kier molecular flexibility index (Phi) is 8.47. The van der Waals surface area contributed by atoms with Gasteiger partial charge < -0.3 is 10.5 Å². The van der Waals surface area contributed by atoms with Gasteiger partial charge in [-0.3, -0.25) is 4.98 Å². The van der Waals surface area contributed by atoms with E-state index in [1.165, 1.54) is 6.07 Å². The van der Waals surface area contributed by atoms with Crippen LogP contribution >= 0.6 is 57.4 Å². The topological polar surface area (TPSA) is 81.0 Å². The molecule has 122 valence electrons. The molecule has 2 aromatic rings. The van der Waals surface area contributed by atoms with Crippen molar-refractivity contribution < 1.29 is 9.13 Å². The highest BCUT2D eigenvalue weighted by atomic mass is 127. The lowest BCUT2D eigenvalue weighted by Gasteiger charge is -2.05. The highest BCUT2D eigenvalue weighted by Gasteiger charge is 2.06. The van der Waals surface area contributed by atoms with E-state index in [1.54, 1.807) is 6.07 Å². The number of nitrogens with zero attached hydrogens (tertiary/aromatic N) is 1. The smallest absolute Gasteiger partial charge is 0.346 e. The molecule has 0 spiro atoms. The largest absolute Gasteiger partial charge is 0.479 e. The molecule has 0 aliphatic carbocycles. The van der Waals surface area contributed by atoms with Gasteiger partial charge in [0.25, 0.3) is 0 Å². The number of ether oxygens (including phenoxy) is 1. The molecular formula is C13H8Cl3FIN3O2. The summed E-state index contributed by atoms with van der Waals surface area (Å²) in [7, 11) is 0. The molecule has 0 fully saturated rings. The molecule has 10 heteroatoms. The molecule has 1 aromatic carbocycles. The number of halogens is 5. The Hall–Kier alpha value is -1.21. The van der Waals surface area contributed by atoms with E-state index in [0.29, 0.717) is 20.8 Å². The third-order valence-corrected chi connectivity index (χ3v) is 3.53. The van der Waals surface area contributed by atoms with Crippen molar-refractivity contribution in [1.82, 2.24) is 9.97 Å². The molecule has 0 aliphatic heterocycles. The van der Waals surface area contributed by atoms with Crippen LogP contribution in [0.3, 0.4) is 0 Å². The Morgan fingerprint density at radius 3 is 2.52 bits per heavy atom. The number of anilines is 1. The summed E-state index contributed by atoms with van der Waals surface area (Å²) in [6.45, 7) is 0.278. The molecule has 5 nitrogen and oxygen atoms in total. The molecule has 0 saturated carbocycles. The fourth-order valence-corrected chi connectivity index (χ4v) is 1.90. The summed E-state index contributed by atoms with van der Waals surface area (Å²) in [5.74, 6) is 2.23. The average Bonchev–Trinajstić information content (AvgIpc) is 2.49. The number of nitrogen functional groups attached to an aromatic ring is 1. The van der Waals surface area contributed by atoms with Gasteiger partial charge in [0.2, 0.25) is 0 Å². The fraction of sp³-hybridized carbons (Fsp3) is 0.0769.